The van der Waals surface area contributed by atoms with Crippen molar-refractivity contribution in [1.82, 2.24) is 15.4 Å². The van der Waals surface area contributed by atoms with Crippen LogP contribution in [0.4, 0.5) is 0 Å². The fourth-order valence-corrected chi connectivity index (χ4v) is 4.25. The molecule has 1 aliphatic heterocycles. The second-order valence-electron chi connectivity index (χ2n) is 6.65. The number of rotatable bonds is 8. The molecule has 1 amide bonds. The highest BCUT2D eigenvalue weighted by Gasteiger charge is 2.16. The van der Waals surface area contributed by atoms with E-state index in [0.29, 0.717) is 12.5 Å². The molecule has 1 aliphatic rings. The zero-order chi connectivity index (χ0) is 18.4. The van der Waals surface area contributed by atoms with Crippen LogP contribution in [0.3, 0.4) is 0 Å². The molecule has 1 unspecified atom stereocenters. The van der Waals surface area contributed by atoms with E-state index in [1.807, 2.05) is 24.3 Å². The molecule has 0 aromatic heterocycles. The number of fused-ring (bicyclic) bond motifs is 1. The van der Waals surface area contributed by atoms with Crippen LogP contribution in [0.1, 0.15) is 19.3 Å². The summed E-state index contributed by atoms with van der Waals surface area (Å²) in [5, 5.41) is 8.02. The van der Waals surface area contributed by atoms with Gasteiger partial charge in [-0.05, 0) is 54.8 Å². The molecule has 1 heterocycles. The van der Waals surface area contributed by atoms with E-state index in [1.54, 1.807) is 18.2 Å². The quantitative estimate of drug-likeness (QED) is 0.620. The number of hydrogen-bond acceptors (Lipinski definition) is 4. The largest absolute Gasteiger partial charge is 0.356 e. The minimum atomic E-state index is -3.62. The van der Waals surface area contributed by atoms with Crippen LogP contribution < -0.4 is 15.4 Å². The van der Waals surface area contributed by atoms with Crippen LogP contribution in [0.2, 0.25) is 0 Å². The van der Waals surface area contributed by atoms with E-state index < -0.39 is 10.0 Å². The number of nitrogens with one attached hydrogen (secondary N) is 3. The Kier molecular flexibility index (Phi) is 8.04. The van der Waals surface area contributed by atoms with Crippen molar-refractivity contribution in [3.8, 4) is 0 Å². The first-order chi connectivity index (χ1) is 12.5. The number of halogens is 1. The molecular formula is C19H26ClN3O3S. The van der Waals surface area contributed by atoms with Gasteiger partial charge < -0.3 is 10.6 Å². The third-order valence-corrected chi connectivity index (χ3v) is 6.17. The molecule has 3 rings (SSSR count). The Balaban J connectivity index is 0.00000261. The predicted octanol–water partition coefficient (Wildman–Crippen LogP) is 2.05. The first kappa shape index (κ1) is 21.6. The molecule has 0 saturated carbocycles. The van der Waals surface area contributed by atoms with Crippen molar-refractivity contribution in [2.24, 2.45) is 5.92 Å². The summed E-state index contributed by atoms with van der Waals surface area (Å²) in [6.07, 6.45) is 2.25. The third kappa shape index (κ3) is 6.17. The van der Waals surface area contributed by atoms with Gasteiger partial charge in [0, 0.05) is 19.5 Å². The molecule has 1 saturated heterocycles. The summed E-state index contributed by atoms with van der Waals surface area (Å²) in [7, 11) is -3.62. The van der Waals surface area contributed by atoms with E-state index in [4.69, 9.17) is 0 Å². The Bertz CT molecular complexity index is 867. The zero-order valence-corrected chi connectivity index (χ0v) is 16.7. The molecule has 8 heteroatoms. The average Bonchev–Trinajstić information content (AvgIpc) is 3.14. The Morgan fingerprint density at radius 3 is 2.63 bits per heavy atom. The standard InChI is InChI=1S/C19H25N3O3S.ClH/c23-19(21-11-8-15-7-10-20-14-15)9-12-22-26(24,25)18-6-5-16-3-1-2-4-17(16)13-18;/h1-6,13,15,20,22H,7-12,14H2,(H,21,23);1H. The van der Waals surface area contributed by atoms with Crippen molar-refractivity contribution in [2.45, 2.75) is 24.2 Å². The number of sulfonamides is 1. The lowest BCUT2D eigenvalue weighted by Crippen LogP contribution is -2.31. The maximum atomic E-state index is 12.4. The minimum absolute atomic E-state index is 0. The second-order valence-corrected chi connectivity index (χ2v) is 8.42. The van der Waals surface area contributed by atoms with Crippen molar-refractivity contribution in [2.75, 3.05) is 26.2 Å². The topological polar surface area (TPSA) is 87.3 Å². The van der Waals surface area contributed by atoms with Crippen LogP contribution in [0.25, 0.3) is 10.8 Å². The zero-order valence-electron chi connectivity index (χ0n) is 15.1. The molecule has 0 bridgehead atoms. The summed E-state index contributed by atoms with van der Waals surface area (Å²) < 4.78 is 27.3. The van der Waals surface area contributed by atoms with Gasteiger partial charge in [0.2, 0.25) is 15.9 Å². The molecule has 3 N–H and O–H groups in total. The summed E-state index contributed by atoms with van der Waals surface area (Å²) in [5.41, 5.74) is 0. The van der Waals surface area contributed by atoms with Crippen LogP contribution in [-0.2, 0) is 14.8 Å². The van der Waals surface area contributed by atoms with Crippen molar-refractivity contribution >= 4 is 39.1 Å². The summed E-state index contributed by atoms with van der Waals surface area (Å²) >= 11 is 0. The Hall–Kier alpha value is -1.67. The van der Waals surface area contributed by atoms with Crippen LogP contribution in [0.5, 0.6) is 0 Å². The summed E-state index contributed by atoms with van der Waals surface area (Å²) in [6, 6.07) is 12.6. The van der Waals surface area contributed by atoms with Gasteiger partial charge in [0.25, 0.3) is 0 Å². The maximum absolute atomic E-state index is 12.4. The average molecular weight is 412 g/mol. The highest BCUT2D eigenvalue weighted by atomic mass is 35.5. The Morgan fingerprint density at radius 1 is 1.11 bits per heavy atom. The first-order valence-electron chi connectivity index (χ1n) is 9.00. The summed E-state index contributed by atoms with van der Waals surface area (Å²) in [6.45, 7) is 2.80. The number of benzene rings is 2. The number of carbonyl (C=O) groups excluding carboxylic acids is 1. The van der Waals surface area contributed by atoms with Gasteiger partial charge in [0.1, 0.15) is 0 Å². The van der Waals surface area contributed by atoms with Crippen LogP contribution >= 0.6 is 12.4 Å². The van der Waals surface area contributed by atoms with E-state index in [0.717, 1.165) is 36.7 Å². The van der Waals surface area contributed by atoms with Crippen molar-refractivity contribution in [3.63, 3.8) is 0 Å². The molecular weight excluding hydrogens is 386 g/mol. The fourth-order valence-electron chi connectivity index (χ4n) is 3.18. The molecule has 2 aromatic rings. The highest BCUT2D eigenvalue weighted by Crippen LogP contribution is 2.18. The molecule has 0 spiro atoms. The summed E-state index contributed by atoms with van der Waals surface area (Å²) in [5.74, 6) is 0.499. The molecule has 27 heavy (non-hydrogen) atoms. The monoisotopic (exact) mass is 411 g/mol. The van der Waals surface area contributed by atoms with Gasteiger partial charge in [-0.3, -0.25) is 4.79 Å². The van der Waals surface area contributed by atoms with Crippen LogP contribution in [0.15, 0.2) is 47.4 Å². The molecule has 6 nitrogen and oxygen atoms in total. The molecule has 1 fully saturated rings. The molecule has 148 valence electrons. The molecule has 0 radical (unpaired) electrons. The van der Waals surface area contributed by atoms with Gasteiger partial charge in [0.05, 0.1) is 4.90 Å². The van der Waals surface area contributed by atoms with Crippen LogP contribution in [-0.4, -0.2) is 40.5 Å². The first-order valence-corrected chi connectivity index (χ1v) is 10.5. The van der Waals surface area contributed by atoms with Crippen molar-refractivity contribution < 1.29 is 13.2 Å². The Labute approximate surface area is 166 Å². The second kappa shape index (κ2) is 10.0. The smallest absolute Gasteiger partial charge is 0.240 e. The predicted molar refractivity (Wildman–Crippen MR) is 110 cm³/mol. The lowest BCUT2D eigenvalue weighted by atomic mass is 10.1. The highest BCUT2D eigenvalue weighted by molar-refractivity contribution is 7.89. The van der Waals surface area contributed by atoms with Gasteiger partial charge in [-0.1, -0.05) is 30.3 Å². The van der Waals surface area contributed by atoms with Crippen LogP contribution in [0, 0.1) is 5.92 Å². The van der Waals surface area contributed by atoms with E-state index in [2.05, 4.69) is 15.4 Å². The fraction of sp³-hybridized carbons (Fsp3) is 0.421. The normalized spacial score (nSPS) is 16.8. The molecule has 0 aliphatic carbocycles. The van der Waals surface area contributed by atoms with E-state index >= 15 is 0 Å². The third-order valence-electron chi connectivity index (χ3n) is 4.71. The van der Waals surface area contributed by atoms with Gasteiger partial charge in [0.15, 0.2) is 0 Å². The van der Waals surface area contributed by atoms with Crippen molar-refractivity contribution in [3.05, 3.63) is 42.5 Å². The SMILES string of the molecule is Cl.O=C(CCNS(=O)(=O)c1ccc2ccccc2c1)NCCC1CCNC1. The number of amides is 1. The number of carbonyl (C=O) groups is 1. The maximum Gasteiger partial charge on any atom is 0.240 e. The van der Waals surface area contributed by atoms with Gasteiger partial charge in [-0.25, -0.2) is 13.1 Å². The van der Waals surface area contributed by atoms with E-state index in [-0.39, 0.29) is 36.2 Å². The van der Waals surface area contributed by atoms with Gasteiger partial charge in [-0.2, -0.15) is 0 Å². The van der Waals surface area contributed by atoms with E-state index in [1.165, 1.54) is 0 Å². The minimum Gasteiger partial charge on any atom is -0.356 e. The Morgan fingerprint density at radius 2 is 1.89 bits per heavy atom. The number of hydrogen-bond donors (Lipinski definition) is 3. The molecule has 2 aromatic carbocycles. The molecule has 1 atom stereocenters. The van der Waals surface area contributed by atoms with Gasteiger partial charge in [-0.15, -0.1) is 12.4 Å². The lowest BCUT2D eigenvalue weighted by Gasteiger charge is -2.10. The van der Waals surface area contributed by atoms with Crippen molar-refractivity contribution in [1.29, 1.82) is 0 Å². The lowest BCUT2D eigenvalue weighted by molar-refractivity contribution is -0.120. The van der Waals surface area contributed by atoms with E-state index in [9.17, 15) is 13.2 Å². The summed E-state index contributed by atoms with van der Waals surface area (Å²) in [4.78, 5) is 12.1. The van der Waals surface area contributed by atoms with Gasteiger partial charge >= 0.3 is 0 Å².